The van der Waals surface area contributed by atoms with Crippen molar-refractivity contribution in [2.24, 2.45) is 0 Å². The van der Waals surface area contributed by atoms with Gasteiger partial charge in [-0.25, -0.2) is 4.79 Å². The van der Waals surface area contributed by atoms with Crippen molar-refractivity contribution < 1.29 is 19.1 Å². The quantitative estimate of drug-likeness (QED) is 0.781. The summed E-state index contributed by atoms with van der Waals surface area (Å²) in [5, 5.41) is 5.40. The summed E-state index contributed by atoms with van der Waals surface area (Å²) in [5.41, 5.74) is 2.88. The van der Waals surface area contributed by atoms with Crippen LogP contribution in [0.25, 0.3) is 0 Å². The Labute approximate surface area is 152 Å². The molecule has 0 aliphatic carbocycles. The Morgan fingerprint density at radius 3 is 2.38 bits per heavy atom. The summed E-state index contributed by atoms with van der Waals surface area (Å²) >= 11 is 0. The molecule has 6 nitrogen and oxygen atoms in total. The van der Waals surface area contributed by atoms with Crippen molar-refractivity contribution in [2.75, 3.05) is 5.32 Å². The van der Waals surface area contributed by atoms with Gasteiger partial charge in [-0.15, -0.1) is 0 Å². The number of hydrogen-bond acceptors (Lipinski definition) is 4. The molecule has 0 saturated carbocycles. The van der Waals surface area contributed by atoms with E-state index in [4.69, 9.17) is 4.74 Å². The fourth-order valence-corrected chi connectivity index (χ4v) is 2.23. The second-order valence-electron chi connectivity index (χ2n) is 6.01. The number of esters is 1. The van der Waals surface area contributed by atoms with Gasteiger partial charge >= 0.3 is 5.97 Å². The third-order valence-electron chi connectivity index (χ3n) is 3.67. The molecule has 0 aliphatic rings. The van der Waals surface area contributed by atoms with Crippen molar-refractivity contribution >= 4 is 23.5 Å². The molecule has 0 fully saturated rings. The first kappa shape index (κ1) is 19.2. The van der Waals surface area contributed by atoms with E-state index in [1.54, 1.807) is 30.3 Å². The predicted molar refractivity (Wildman–Crippen MR) is 98.6 cm³/mol. The first-order chi connectivity index (χ1) is 12.3. The lowest BCUT2D eigenvalue weighted by Crippen LogP contribution is -2.30. The lowest BCUT2D eigenvalue weighted by Gasteiger charge is -2.14. The Morgan fingerprint density at radius 2 is 1.77 bits per heavy atom. The molecule has 0 aromatic heterocycles. The van der Waals surface area contributed by atoms with Crippen molar-refractivity contribution in [3.63, 3.8) is 0 Å². The molecule has 1 unspecified atom stereocenters. The van der Waals surface area contributed by atoms with Crippen LogP contribution >= 0.6 is 0 Å². The van der Waals surface area contributed by atoms with Crippen LogP contribution in [0.1, 0.15) is 35.3 Å². The van der Waals surface area contributed by atoms with E-state index in [-0.39, 0.29) is 5.91 Å². The van der Waals surface area contributed by atoms with Gasteiger partial charge in [0.15, 0.2) is 6.10 Å². The molecule has 26 heavy (non-hydrogen) atoms. The van der Waals surface area contributed by atoms with Crippen LogP contribution in [0.4, 0.5) is 5.69 Å². The smallest absolute Gasteiger partial charge is 0.338 e. The maximum absolute atomic E-state index is 12.2. The van der Waals surface area contributed by atoms with Crippen molar-refractivity contribution in [1.82, 2.24) is 5.32 Å². The molecule has 136 valence electrons. The number of carbonyl (C=O) groups excluding carboxylic acids is 3. The summed E-state index contributed by atoms with van der Waals surface area (Å²) in [6, 6.07) is 14.0. The van der Waals surface area contributed by atoms with Crippen LogP contribution in [-0.2, 0) is 20.9 Å². The molecular weight excluding hydrogens is 332 g/mol. The summed E-state index contributed by atoms with van der Waals surface area (Å²) in [6.45, 7) is 5.28. The minimum absolute atomic E-state index is 0.123. The van der Waals surface area contributed by atoms with Crippen molar-refractivity contribution in [1.29, 1.82) is 0 Å². The molecule has 2 aromatic carbocycles. The van der Waals surface area contributed by atoms with E-state index in [2.05, 4.69) is 10.6 Å². The number of nitrogens with one attached hydrogen (secondary N) is 2. The Kier molecular flexibility index (Phi) is 6.49. The maximum Gasteiger partial charge on any atom is 0.338 e. The summed E-state index contributed by atoms with van der Waals surface area (Å²) < 4.78 is 5.22. The Bertz CT molecular complexity index is 800. The summed E-state index contributed by atoms with van der Waals surface area (Å²) in [7, 11) is 0. The third-order valence-corrected chi connectivity index (χ3v) is 3.67. The molecule has 0 bridgehead atoms. The van der Waals surface area contributed by atoms with Gasteiger partial charge in [-0.1, -0.05) is 24.3 Å². The number of rotatable bonds is 6. The number of amides is 2. The Balaban J connectivity index is 1.91. The van der Waals surface area contributed by atoms with E-state index in [0.29, 0.717) is 17.8 Å². The monoisotopic (exact) mass is 354 g/mol. The molecule has 0 spiro atoms. The molecular formula is C20H22N2O4. The molecule has 2 N–H and O–H groups in total. The van der Waals surface area contributed by atoms with Gasteiger partial charge in [-0.2, -0.15) is 0 Å². The van der Waals surface area contributed by atoms with Gasteiger partial charge in [-0.05, 0) is 49.2 Å². The molecule has 1 atom stereocenters. The van der Waals surface area contributed by atoms with Gasteiger partial charge in [0.05, 0.1) is 5.56 Å². The highest BCUT2D eigenvalue weighted by Gasteiger charge is 2.19. The normalized spacial score (nSPS) is 11.3. The summed E-state index contributed by atoms with van der Waals surface area (Å²) in [5.74, 6) is -1.10. The average molecular weight is 354 g/mol. The highest BCUT2D eigenvalue weighted by atomic mass is 16.5. The second-order valence-corrected chi connectivity index (χ2v) is 6.01. The molecule has 6 heteroatoms. The van der Waals surface area contributed by atoms with E-state index >= 15 is 0 Å². The number of ether oxygens (including phenoxy) is 1. The number of benzene rings is 2. The topological polar surface area (TPSA) is 84.5 Å². The van der Waals surface area contributed by atoms with Gasteiger partial charge < -0.3 is 15.4 Å². The molecule has 2 aromatic rings. The minimum atomic E-state index is -0.929. The molecule has 2 amide bonds. The van der Waals surface area contributed by atoms with Gasteiger partial charge in [0.1, 0.15) is 0 Å². The molecule has 0 heterocycles. The van der Waals surface area contributed by atoms with Crippen LogP contribution in [0.5, 0.6) is 0 Å². The van der Waals surface area contributed by atoms with Crippen molar-refractivity contribution in [3.05, 3.63) is 65.2 Å². The third kappa shape index (κ3) is 5.73. The number of hydrogen-bond donors (Lipinski definition) is 2. The van der Waals surface area contributed by atoms with E-state index in [1.165, 1.54) is 13.8 Å². The molecule has 0 saturated heterocycles. The van der Waals surface area contributed by atoms with Crippen LogP contribution in [0.2, 0.25) is 0 Å². The predicted octanol–water partition coefficient (Wildman–Crippen LogP) is 2.82. The lowest BCUT2D eigenvalue weighted by molar-refractivity contribution is -0.123. The first-order valence-corrected chi connectivity index (χ1v) is 8.27. The number of carbonyl (C=O) groups is 3. The zero-order valence-corrected chi connectivity index (χ0v) is 15.0. The van der Waals surface area contributed by atoms with Crippen LogP contribution in [0, 0.1) is 6.92 Å². The van der Waals surface area contributed by atoms with E-state index in [0.717, 1.165) is 11.1 Å². The van der Waals surface area contributed by atoms with Gasteiger partial charge in [-0.3, -0.25) is 9.59 Å². The van der Waals surface area contributed by atoms with E-state index < -0.39 is 18.0 Å². The van der Waals surface area contributed by atoms with Crippen molar-refractivity contribution in [2.45, 2.75) is 33.4 Å². The van der Waals surface area contributed by atoms with Crippen LogP contribution in [0.15, 0.2) is 48.5 Å². The minimum Gasteiger partial charge on any atom is -0.449 e. The van der Waals surface area contributed by atoms with Crippen LogP contribution in [0.3, 0.4) is 0 Å². The largest absolute Gasteiger partial charge is 0.449 e. The molecule has 0 radical (unpaired) electrons. The fraction of sp³-hybridized carbons (Fsp3) is 0.250. The van der Waals surface area contributed by atoms with Crippen molar-refractivity contribution in [3.8, 4) is 0 Å². The number of anilines is 1. The van der Waals surface area contributed by atoms with E-state index in [1.807, 2.05) is 25.1 Å². The maximum atomic E-state index is 12.2. The average Bonchev–Trinajstić information content (AvgIpc) is 2.60. The second kappa shape index (κ2) is 8.80. The lowest BCUT2D eigenvalue weighted by atomic mass is 10.1. The highest BCUT2D eigenvalue weighted by molar-refractivity contribution is 5.97. The van der Waals surface area contributed by atoms with Gasteiger partial charge in [0.2, 0.25) is 5.91 Å². The van der Waals surface area contributed by atoms with Crippen LogP contribution in [-0.4, -0.2) is 23.9 Å². The van der Waals surface area contributed by atoms with Crippen LogP contribution < -0.4 is 10.6 Å². The Hall–Kier alpha value is -3.15. The fourth-order valence-electron chi connectivity index (χ4n) is 2.23. The zero-order chi connectivity index (χ0) is 19.1. The van der Waals surface area contributed by atoms with E-state index in [9.17, 15) is 14.4 Å². The van der Waals surface area contributed by atoms with Gasteiger partial charge in [0, 0.05) is 19.2 Å². The molecule has 0 aliphatic heterocycles. The highest BCUT2D eigenvalue weighted by Crippen LogP contribution is 2.12. The summed E-state index contributed by atoms with van der Waals surface area (Å²) in [6.07, 6.45) is -0.929. The summed E-state index contributed by atoms with van der Waals surface area (Å²) in [4.78, 5) is 35.2. The first-order valence-electron chi connectivity index (χ1n) is 8.27. The zero-order valence-electron chi connectivity index (χ0n) is 15.0. The van der Waals surface area contributed by atoms with Gasteiger partial charge in [0.25, 0.3) is 5.91 Å². The number of aryl methyl sites for hydroxylation is 1. The molecule has 2 rings (SSSR count). The Morgan fingerprint density at radius 1 is 1.08 bits per heavy atom. The SMILES string of the molecule is CC(=O)NCc1ccc(C(=O)OC(C)C(=O)Nc2cccc(C)c2)cc1. The standard InChI is InChI=1S/C20H22N2O4/c1-13-5-4-6-18(11-13)22-19(24)14(2)26-20(25)17-9-7-16(8-10-17)12-21-15(3)23/h4-11,14H,12H2,1-3H3,(H,21,23)(H,22,24).